The molecule has 4 amide bonds. The lowest BCUT2D eigenvalue weighted by molar-refractivity contribution is -0.144. The summed E-state index contributed by atoms with van der Waals surface area (Å²) in [7, 11) is 1.18. The SMILES string of the molecule is COC(=O)N[C@H](C(=O)N1C[C@H]2[C@@H]([C@H]1C(=O)N[C@@H](C[C@@H]1CCNC1=O)C(=O)COc1cccc(C(F)(F)F)c1)C2(C)C)C(C)(C)C. The molecule has 4 rings (SSSR count). The lowest BCUT2D eigenvalue weighted by Crippen LogP contribution is -2.60. The average Bonchev–Trinajstić information content (AvgIpc) is 3.30. The van der Waals surface area contributed by atoms with Crippen molar-refractivity contribution in [2.45, 2.75) is 71.8 Å². The highest BCUT2D eigenvalue weighted by atomic mass is 19.4. The fourth-order valence-corrected chi connectivity index (χ4v) is 6.50. The Kier molecular flexibility index (Phi) is 9.46. The summed E-state index contributed by atoms with van der Waals surface area (Å²) in [4.78, 5) is 67.2. The first-order valence-corrected chi connectivity index (χ1v) is 14.9. The van der Waals surface area contributed by atoms with Crippen LogP contribution in [0.1, 0.15) is 53.0 Å². The van der Waals surface area contributed by atoms with E-state index >= 15 is 0 Å². The molecule has 248 valence electrons. The lowest BCUT2D eigenvalue weighted by Gasteiger charge is -2.37. The van der Waals surface area contributed by atoms with Crippen LogP contribution in [0.15, 0.2) is 24.3 Å². The largest absolute Gasteiger partial charge is 0.486 e. The van der Waals surface area contributed by atoms with Crippen LogP contribution in [-0.2, 0) is 30.1 Å². The molecule has 1 aliphatic carbocycles. The molecule has 0 aromatic heterocycles. The lowest BCUT2D eigenvalue weighted by atomic mass is 9.85. The van der Waals surface area contributed by atoms with Gasteiger partial charge in [-0.15, -0.1) is 0 Å². The molecule has 11 nitrogen and oxygen atoms in total. The standard InChI is InChI=1S/C31H41F3N4O7/c1-29(2,3)24(37-28(43)44-6)27(42)38-14-19-22(30(19,4)5)23(38)26(41)36-20(12-16-10-11-35-25(16)40)21(39)15-45-18-9-7-8-17(13-18)31(32,33)34/h7-9,13,16,19-20,22-24H,10-12,14-15H2,1-6H3,(H,35,40)(H,36,41)(H,37,43)/t16-,19-,20-,22-,23-,24+/m0/s1. The molecule has 14 heteroatoms. The molecule has 1 saturated carbocycles. The van der Waals surface area contributed by atoms with Crippen LogP contribution < -0.4 is 20.7 Å². The highest BCUT2D eigenvalue weighted by Crippen LogP contribution is 2.65. The molecule has 2 saturated heterocycles. The number of amides is 4. The van der Waals surface area contributed by atoms with Gasteiger partial charge in [0, 0.05) is 19.0 Å². The number of carbonyl (C=O) groups is 5. The van der Waals surface area contributed by atoms with E-state index in [0.29, 0.717) is 13.0 Å². The maximum Gasteiger partial charge on any atom is 0.416 e. The fraction of sp³-hybridized carbons (Fsp3) is 0.645. The molecule has 0 bridgehead atoms. The number of hydrogen-bond donors (Lipinski definition) is 3. The van der Waals surface area contributed by atoms with Gasteiger partial charge in [-0.3, -0.25) is 19.2 Å². The van der Waals surface area contributed by atoms with E-state index in [4.69, 9.17) is 9.47 Å². The number of hydrogen-bond acceptors (Lipinski definition) is 7. The van der Waals surface area contributed by atoms with Crippen LogP contribution >= 0.6 is 0 Å². The second-order valence-electron chi connectivity index (χ2n) is 13.7. The van der Waals surface area contributed by atoms with Gasteiger partial charge in [-0.25, -0.2) is 4.79 Å². The van der Waals surface area contributed by atoms with Crippen LogP contribution in [0, 0.1) is 28.6 Å². The number of rotatable bonds is 10. The number of ketones is 1. The molecule has 45 heavy (non-hydrogen) atoms. The monoisotopic (exact) mass is 638 g/mol. The molecule has 1 aromatic carbocycles. The van der Waals surface area contributed by atoms with Crippen LogP contribution in [0.2, 0.25) is 0 Å². The Hall–Kier alpha value is -3.84. The summed E-state index contributed by atoms with van der Waals surface area (Å²) in [5.74, 6) is -2.93. The number of alkyl carbamates (subject to hydrolysis) is 1. The van der Waals surface area contributed by atoms with Gasteiger partial charge in [0.05, 0.1) is 18.7 Å². The number of carbonyl (C=O) groups excluding carboxylic acids is 5. The Bertz CT molecular complexity index is 1340. The number of alkyl halides is 3. The summed E-state index contributed by atoms with van der Waals surface area (Å²) in [5.41, 5.74) is -1.93. The second kappa shape index (κ2) is 12.5. The minimum Gasteiger partial charge on any atom is -0.486 e. The summed E-state index contributed by atoms with van der Waals surface area (Å²) < 4.78 is 49.6. The average molecular weight is 639 g/mol. The first-order valence-electron chi connectivity index (χ1n) is 14.9. The molecule has 6 atom stereocenters. The third kappa shape index (κ3) is 7.36. The van der Waals surface area contributed by atoms with E-state index in [0.717, 1.165) is 18.2 Å². The van der Waals surface area contributed by atoms with Crippen LogP contribution in [0.5, 0.6) is 5.75 Å². The topological polar surface area (TPSA) is 143 Å². The number of Topliss-reactive ketones (excluding diaryl/α,β-unsaturated/α-hetero) is 1. The van der Waals surface area contributed by atoms with Gasteiger partial charge in [0.1, 0.15) is 24.4 Å². The van der Waals surface area contributed by atoms with Crippen LogP contribution in [0.3, 0.4) is 0 Å². The number of fused-ring (bicyclic) bond motifs is 1. The zero-order valence-corrected chi connectivity index (χ0v) is 26.2. The predicted molar refractivity (Wildman–Crippen MR) is 155 cm³/mol. The zero-order chi connectivity index (χ0) is 33.5. The maximum atomic E-state index is 14.0. The molecule has 3 aliphatic rings. The van der Waals surface area contributed by atoms with Gasteiger partial charge in [0.15, 0.2) is 5.78 Å². The Morgan fingerprint density at radius 1 is 1.13 bits per heavy atom. The van der Waals surface area contributed by atoms with E-state index in [1.807, 2.05) is 13.8 Å². The summed E-state index contributed by atoms with van der Waals surface area (Å²) in [6, 6.07) is 0.914. The van der Waals surface area contributed by atoms with Crippen molar-refractivity contribution in [1.82, 2.24) is 20.9 Å². The fourth-order valence-electron chi connectivity index (χ4n) is 6.50. The first kappa shape index (κ1) is 34.0. The maximum absolute atomic E-state index is 14.0. The molecule has 3 fully saturated rings. The number of methoxy groups -OCH3 is 1. The molecule has 0 unspecified atom stereocenters. The molecule has 2 aliphatic heterocycles. The predicted octanol–water partition coefficient (Wildman–Crippen LogP) is 2.92. The molecule has 1 aromatic rings. The van der Waals surface area contributed by atoms with Gasteiger partial charge < -0.3 is 30.3 Å². The van der Waals surface area contributed by atoms with E-state index in [9.17, 15) is 37.1 Å². The first-order chi connectivity index (χ1) is 20.9. The molecule has 0 radical (unpaired) electrons. The Labute approximate surface area is 259 Å². The third-order valence-electron chi connectivity index (χ3n) is 9.25. The Morgan fingerprint density at radius 3 is 2.40 bits per heavy atom. The summed E-state index contributed by atoms with van der Waals surface area (Å²) in [6.07, 6.45) is -5.01. The summed E-state index contributed by atoms with van der Waals surface area (Å²) in [5, 5.41) is 8.03. The van der Waals surface area contributed by atoms with Gasteiger partial charge in [-0.1, -0.05) is 40.7 Å². The van der Waals surface area contributed by atoms with Crippen LogP contribution in [0.4, 0.5) is 18.0 Å². The van der Waals surface area contributed by atoms with Crippen molar-refractivity contribution in [3.8, 4) is 5.75 Å². The van der Waals surface area contributed by atoms with E-state index in [-0.39, 0.29) is 41.9 Å². The van der Waals surface area contributed by atoms with E-state index in [2.05, 4.69) is 16.0 Å². The Balaban J connectivity index is 1.55. The quantitative estimate of drug-likeness (QED) is 0.358. The van der Waals surface area contributed by atoms with Gasteiger partial charge in [0.25, 0.3) is 0 Å². The van der Waals surface area contributed by atoms with E-state index in [1.54, 1.807) is 20.8 Å². The van der Waals surface area contributed by atoms with Crippen molar-refractivity contribution in [1.29, 1.82) is 0 Å². The van der Waals surface area contributed by atoms with Crippen LogP contribution in [-0.4, -0.2) is 79.4 Å². The van der Waals surface area contributed by atoms with E-state index in [1.165, 1.54) is 18.1 Å². The van der Waals surface area contributed by atoms with Crippen molar-refractivity contribution in [2.75, 3.05) is 26.8 Å². The van der Waals surface area contributed by atoms with Crippen molar-refractivity contribution in [3.05, 3.63) is 29.8 Å². The molecular weight excluding hydrogens is 597 g/mol. The van der Waals surface area contributed by atoms with Gasteiger partial charge in [0.2, 0.25) is 17.7 Å². The number of likely N-dealkylation sites (tertiary alicyclic amines) is 1. The van der Waals surface area contributed by atoms with Gasteiger partial charge in [-0.05, 0) is 53.7 Å². The number of piperidine rings is 1. The normalized spacial score (nSPS) is 25.0. The van der Waals surface area contributed by atoms with Gasteiger partial charge in [-0.2, -0.15) is 13.2 Å². The smallest absolute Gasteiger partial charge is 0.416 e. The zero-order valence-electron chi connectivity index (χ0n) is 26.2. The molecular formula is C31H41F3N4O7. The number of nitrogens with one attached hydrogen (secondary N) is 3. The summed E-state index contributed by atoms with van der Waals surface area (Å²) >= 11 is 0. The number of benzene rings is 1. The molecule has 3 N–H and O–H groups in total. The molecule has 0 spiro atoms. The second-order valence-corrected chi connectivity index (χ2v) is 13.7. The van der Waals surface area contributed by atoms with Crippen molar-refractivity contribution in [2.24, 2.45) is 28.6 Å². The molecule has 2 heterocycles. The van der Waals surface area contributed by atoms with Crippen molar-refractivity contribution < 1.29 is 46.6 Å². The minimum absolute atomic E-state index is 0.00921. The summed E-state index contributed by atoms with van der Waals surface area (Å²) in [6.45, 7) is 9.32. The minimum atomic E-state index is -4.60. The Morgan fingerprint density at radius 2 is 1.82 bits per heavy atom. The highest BCUT2D eigenvalue weighted by Gasteiger charge is 2.70. The number of nitrogens with zero attached hydrogens (tertiary/aromatic N) is 1. The van der Waals surface area contributed by atoms with E-state index < -0.39 is 71.5 Å². The van der Waals surface area contributed by atoms with Crippen molar-refractivity contribution in [3.63, 3.8) is 0 Å². The van der Waals surface area contributed by atoms with Crippen LogP contribution in [0.25, 0.3) is 0 Å². The third-order valence-corrected chi connectivity index (χ3v) is 9.25. The number of halogens is 3. The van der Waals surface area contributed by atoms with Crippen molar-refractivity contribution >= 4 is 29.6 Å². The highest BCUT2D eigenvalue weighted by molar-refractivity contribution is 5.96. The number of ether oxygens (including phenoxy) is 2. The van der Waals surface area contributed by atoms with Gasteiger partial charge >= 0.3 is 12.3 Å².